The second-order valence-corrected chi connectivity index (χ2v) is 15.9. The van der Waals surface area contributed by atoms with Gasteiger partial charge >= 0.3 is 0 Å². The summed E-state index contributed by atoms with van der Waals surface area (Å²) >= 11 is 0. The second-order valence-electron chi connectivity index (χ2n) is 15.9. The predicted octanol–water partition coefficient (Wildman–Crippen LogP) is 14.7. The highest BCUT2D eigenvalue weighted by atomic mass is 16.3. The molecule has 7 aromatic carbocycles. The molecule has 58 heavy (non-hydrogen) atoms. The van der Waals surface area contributed by atoms with Crippen molar-refractivity contribution in [2.75, 3.05) is 0 Å². The van der Waals surface area contributed by atoms with Crippen molar-refractivity contribution in [3.63, 3.8) is 0 Å². The molecule has 2 aliphatic carbocycles. The Balaban J connectivity index is 0.963. The Morgan fingerprint density at radius 3 is 1.91 bits per heavy atom. The zero-order valence-corrected chi connectivity index (χ0v) is 31.7. The Hall–Kier alpha value is -7.30. The molecule has 4 nitrogen and oxygen atoms in total. The highest BCUT2D eigenvalue weighted by Crippen LogP contribution is 2.44. The van der Waals surface area contributed by atoms with Gasteiger partial charge in [-0.2, -0.15) is 0 Å². The van der Waals surface area contributed by atoms with Crippen LogP contribution in [0, 0.1) is 5.92 Å². The third kappa shape index (κ3) is 4.57. The first-order chi connectivity index (χ1) is 28.7. The highest BCUT2D eigenvalue weighted by molar-refractivity contribution is 6.19. The van der Waals surface area contributed by atoms with Gasteiger partial charge in [-0.1, -0.05) is 103 Å². The summed E-state index contributed by atoms with van der Waals surface area (Å²) in [6.07, 6.45) is 12.5. The number of hydrogen-bond acceptors (Lipinski definition) is 2. The number of aromatic nitrogens is 2. The minimum atomic E-state index is 0.257. The molecule has 0 radical (unpaired) electrons. The van der Waals surface area contributed by atoms with Crippen molar-refractivity contribution in [1.82, 2.24) is 9.13 Å². The topological polar surface area (TPSA) is 36.1 Å². The average molecular weight is 745 g/mol. The number of hydrogen-bond donors (Lipinski definition) is 0. The molecule has 4 heteroatoms. The number of furan rings is 2. The first-order valence-corrected chi connectivity index (χ1v) is 20.3. The van der Waals surface area contributed by atoms with Gasteiger partial charge in [-0.05, 0) is 103 Å². The third-order valence-electron chi connectivity index (χ3n) is 12.7. The van der Waals surface area contributed by atoms with Gasteiger partial charge in [0, 0.05) is 66.6 Å². The van der Waals surface area contributed by atoms with Crippen LogP contribution >= 0.6 is 0 Å². The quantitative estimate of drug-likeness (QED) is 0.180. The fraction of sp³-hybridized carbons (Fsp3) is 0.0741. The molecular formula is C54H36N2O2. The van der Waals surface area contributed by atoms with Crippen LogP contribution in [-0.2, 0) is 6.42 Å². The Kier molecular flexibility index (Phi) is 6.65. The minimum absolute atomic E-state index is 0.257. The summed E-state index contributed by atoms with van der Waals surface area (Å²) in [4.78, 5) is 0. The van der Waals surface area contributed by atoms with Crippen LogP contribution in [0.2, 0.25) is 0 Å². The minimum Gasteiger partial charge on any atom is -0.456 e. The molecule has 2 aliphatic rings. The maximum Gasteiger partial charge on any atom is 0.137 e. The molecular weight excluding hydrogens is 709 g/mol. The molecule has 13 rings (SSSR count). The van der Waals surface area contributed by atoms with Crippen LogP contribution in [0.4, 0.5) is 0 Å². The van der Waals surface area contributed by atoms with Crippen molar-refractivity contribution < 1.29 is 8.83 Å². The van der Waals surface area contributed by atoms with E-state index in [1.54, 1.807) is 0 Å². The maximum absolute atomic E-state index is 6.51. The van der Waals surface area contributed by atoms with E-state index in [1.165, 1.54) is 77.1 Å². The van der Waals surface area contributed by atoms with E-state index in [0.29, 0.717) is 0 Å². The van der Waals surface area contributed by atoms with Gasteiger partial charge < -0.3 is 18.0 Å². The van der Waals surface area contributed by atoms with Crippen molar-refractivity contribution >= 4 is 87.8 Å². The van der Waals surface area contributed by atoms with E-state index in [4.69, 9.17) is 8.83 Å². The number of fused-ring (bicyclic) bond motifs is 12. The lowest BCUT2D eigenvalue weighted by molar-refractivity contribution is 0.578. The van der Waals surface area contributed by atoms with Gasteiger partial charge in [0.2, 0.25) is 0 Å². The van der Waals surface area contributed by atoms with Crippen molar-refractivity contribution in [3.8, 4) is 16.8 Å². The maximum atomic E-state index is 6.51. The number of nitrogens with zero attached hydrogens (tertiary/aromatic N) is 2. The van der Waals surface area contributed by atoms with Gasteiger partial charge in [0.25, 0.3) is 0 Å². The summed E-state index contributed by atoms with van der Waals surface area (Å²) in [5.74, 6) is 1.33. The van der Waals surface area contributed by atoms with Crippen LogP contribution in [-0.4, -0.2) is 9.13 Å². The first-order valence-electron chi connectivity index (χ1n) is 20.3. The molecule has 4 aromatic heterocycles. The number of benzene rings is 7. The van der Waals surface area contributed by atoms with Crippen LogP contribution in [0.15, 0.2) is 185 Å². The monoisotopic (exact) mass is 744 g/mol. The fourth-order valence-corrected chi connectivity index (χ4v) is 10.1. The molecule has 0 spiro atoms. The largest absolute Gasteiger partial charge is 0.456 e. The molecule has 0 saturated heterocycles. The average Bonchev–Trinajstić information content (AvgIpc) is 4.03. The number of para-hydroxylation sites is 4. The lowest BCUT2D eigenvalue weighted by atomic mass is 9.84. The summed E-state index contributed by atoms with van der Waals surface area (Å²) in [6.45, 7) is 0. The Bertz CT molecular complexity index is 3600. The van der Waals surface area contributed by atoms with E-state index in [0.717, 1.165) is 58.1 Å². The summed E-state index contributed by atoms with van der Waals surface area (Å²) < 4.78 is 17.8. The van der Waals surface area contributed by atoms with E-state index in [-0.39, 0.29) is 5.92 Å². The highest BCUT2D eigenvalue weighted by Gasteiger charge is 2.27. The molecule has 1 atom stereocenters. The molecule has 0 bridgehead atoms. The van der Waals surface area contributed by atoms with Crippen LogP contribution in [0.1, 0.15) is 24.2 Å². The van der Waals surface area contributed by atoms with Crippen molar-refractivity contribution in [3.05, 3.63) is 187 Å². The van der Waals surface area contributed by atoms with Crippen LogP contribution in [0.5, 0.6) is 0 Å². The number of allylic oxidation sites excluding steroid dienone is 6. The van der Waals surface area contributed by atoms with Crippen molar-refractivity contribution in [1.29, 1.82) is 0 Å². The third-order valence-corrected chi connectivity index (χ3v) is 12.7. The molecule has 1 unspecified atom stereocenters. The summed E-state index contributed by atoms with van der Waals surface area (Å²) in [5.41, 5.74) is 14.9. The van der Waals surface area contributed by atoms with Gasteiger partial charge in [-0.3, -0.25) is 0 Å². The van der Waals surface area contributed by atoms with Crippen LogP contribution < -0.4 is 0 Å². The van der Waals surface area contributed by atoms with Crippen molar-refractivity contribution in [2.45, 2.75) is 19.3 Å². The van der Waals surface area contributed by atoms with Crippen LogP contribution in [0.25, 0.3) is 105 Å². The van der Waals surface area contributed by atoms with E-state index in [2.05, 4.69) is 179 Å². The number of rotatable bonds is 4. The molecule has 0 fully saturated rings. The lowest BCUT2D eigenvalue weighted by Crippen LogP contribution is -2.08. The molecule has 11 aromatic rings. The van der Waals surface area contributed by atoms with Gasteiger partial charge in [0.05, 0.1) is 22.1 Å². The zero-order chi connectivity index (χ0) is 37.9. The molecule has 0 saturated carbocycles. The SMILES string of the molecule is C1=CC(C2=CCCc3c2oc2ccccc32)CC=C1n1c2ccc(-c3ccc4c(c3)c3ccccc3n4-c3ccccc3)cc2c2cc3c(cc21)oc1ccccc13. The summed E-state index contributed by atoms with van der Waals surface area (Å²) in [6, 6.07) is 54.8. The van der Waals surface area contributed by atoms with E-state index in [9.17, 15) is 0 Å². The molecule has 0 N–H and O–H groups in total. The van der Waals surface area contributed by atoms with Crippen molar-refractivity contribution in [2.24, 2.45) is 5.92 Å². The summed E-state index contributed by atoms with van der Waals surface area (Å²) in [7, 11) is 0. The standard InChI is InChI=1S/C54H36N2O2/c1-2-11-36(12-3-1)55-47-18-7-4-13-39(47)43-29-34(23-27-48(43)55)35-24-28-49-44(30-35)45-31-46-41-15-6-8-19-51(41)57-53(46)32-50(45)56(49)37-25-21-33(22-26-37)38-16-10-17-42-40-14-5-9-20-52(40)58-54(38)42/h1-9,11-16,18-21,23-33H,10,17,22H2. The normalized spacial score (nSPS) is 15.7. The van der Waals surface area contributed by atoms with Crippen LogP contribution in [0.3, 0.4) is 0 Å². The van der Waals surface area contributed by atoms with E-state index >= 15 is 0 Å². The van der Waals surface area contributed by atoms with Gasteiger partial charge in [0.1, 0.15) is 22.5 Å². The van der Waals surface area contributed by atoms with E-state index in [1.807, 2.05) is 6.07 Å². The second kappa shape index (κ2) is 12.1. The smallest absolute Gasteiger partial charge is 0.137 e. The predicted molar refractivity (Wildman–Crippen MR) is 241 cm³/mol. The van der Waals surface area contributed by atoms with Gasteiger partial charge in [-0.25, -0.2) is 0 Å². The van der Waals surface area contributed by atoms with Gasteiger partial charge in [-0.15, -0.1) is 0 Å². The molecule has 274 valence electrons. The fourth-order valence-electron chi connectivity index (χ4n) is 10.1. The summed E-state index contributed by atoms with van der Waals surface area (Å²) in [5, 5.41) is 8.48. The zero-order valence-electron chi connectivity index (χ0n) is 31.7. The number of aryl methyl sites for hydroxylation is 1. The van der Waals surface area contributed by atoms with Gasteiger partial charge in [0.15, 0.2) is 0 Å². The Labute approximate surface area is 333 Å². The Morgan fingerprint density at radius 1 is 0.466 bits per heavy atom. The molecule has 0 aliphatic heterocycles. The molecule has 4 heterocycles. The Morgan fingerprint density at radius 2 is 1.12 bits per heavy atom. The first kappa shape index (κ1) is 31.9. The lowest BCUT2D eigenvalue weighted by Gasteiger charge is -2.22. The molecule has 0 amide bonds. The van der Waals surface area contributed by atoms with E-state index < -0.39 is 0 Å².